The summed E-state index contributed by atoms with van der Waals surface area (Å²) in [5.41, 5.74) is -0.522. The molecule has 2 atom stereocenters. The molecule has 1 amide bonds. The highest BCUT2D eigenvalue weighted by Crippen LogP contribution is 2.19. The largest absolute Gasteiger partial charge is 0.481 e. The fourth-order valence-corrected chi connectivity index (χ4v) is 1.94. The maximum atomic E-state index is 12.0. The first-order valence-electron chi connectivity index (χ1n) is 5.75. The van der Waals surface area contributed by atoms with Gasteiger partial charge in [-0.2, -0.15) is 0 Å². The van der Waals surface area contributed by atoms with Gasteiger partial charge in [-0.05, 0) is 32.7 Å². The molecule has 1 aliphatic heterocycles. The second-order valence-corrected chi connectivity index (χ2v) is 4.54. The summed E-state index contributed by atoms with van der Waals surface area (Å²) in [6, 6.07) is -0.274. The number of hydrogen-bond acceptors (Lipinski definition) is 3. The van der Waals surface area contributed by atoms with Crippen LogP contribution in [0, 0.1) is 0 Å². The van der Waals surface area contributed by atoms with Crippen molar-refractivity contribution in [3.63, 3.8) is 0 Å². The van der Waals surface area contributed by atoms with Gasteiger partial charge in [-0.3, -0.25) is 9.59 Å². The van der Waals surface area contributed by atoms with E-state index in [4.69, 9.17) is 5.11 Å². The molecule has 5 heteroatoms. The number of amides is 1. The Kier molecular flexibility index (Phi) is 4.29. The molecule has 3 N–H and O–H groups in total. The Morgan fingerprint density at radius 2 is 2.25 bits per heavy atom. The van der Waals surface area contributed by atoms with Crippen LogP contribution in [0.25, 0.3) is 0 Å². The van der Waals surface area contributed by atoms with Gasteiger partial charge in [0.25, 0.3) is 0 Å². The molecule has 1 rings (SSSR count). The minimum Gasteiger partial charge on any atom is -0.481 e. The maximum Gasteiger partial charge on any atom is 0.305 e. The minimum absolute atomic E-state index is 0.0156. The molecular formula is C11H20N2O3. The van der Waals surface area contributed by atoms with Crippen molar-refractivity contribution in [1.29, 1.82) is 0 Å². The van der Waals surface area contributed by atoms with E-state index < -0.39 is 11.5 Å². The van der Waals surface area contributed by atoms with Crippen molar-refractivity contribution in [1.82, 2.24) is 10.6 Å². The highest BCUT2D eigenvalue weighted by molar-refractivity contribution is 5.86. The van der Waals surface area contributed by atoms with Gasteiger partial charge in [0.2, 0.25) is 5.91 Å². The second kappa shape index (κ2) is 5.30. The Bertz CT molecular complexity index is 272. The molecule has 5 nitrogen and oxygen atoms in total. The number of rotatable bonds is 5. The van der Waals surface area contributed by atoms with E-state index in [1.807, 2.05) is 13.8 Å². The van der Waals surface area contributed by atoms with E-state index in [0.29, 0.717) is 6.42 Å². The molecule has 0 spiro atoms. The summed E-state index contributed by atoms with van der Waals surface area (Å²) in [6.07, 6.45) is 2.41. The lowest BCUT2D eigenvalue weighted by Crippen LogP contribution is -2.53. The zero-order valence-electron chi connectivity index (χ0n) is 9.88. The van der Waals surface area contributed by atoms with Crippen molar-refractivity contribution in [2.24, 2.45) is 0 Å². The SMILES string of the molecule is CCC(CC(=O)O)NC(=O)C1(C)CCCN1. The summed E-state index contributed by atoms with van der Waals surface area (Å²) in [4.78, 5) is 22.5. The van der Waals surface area contributed by atoms with Crippen molar-refractivity contribution in [2.45, 2.75) is 51.1 Å². The topological polar surface area (TPSA) is 78.4 Å². The van der Waals surface area contributed by atoms with Crippen LogP contribution in [0.15, 0.2) is 0 Å². The van der Waals surface area contributed by atoms with Crippen molar-refractivity contribution >= 4 is 11.9 Å². The van der Waals surface area contributed by atoms with Gasteiger partial charge in [-0.25, -0.2) is 0 Å². The van der Waals surface area contributed by atoms with Crippen LogP contribution in [0.4, 0.5) is 0 Å². The molecule has 0 aromatic heterocycles. The summed E-state index contributed by atoms with van der Waals surface area (Å²) < 4.78 is 0. The molecular weight excluding hydrogens is 208 g/mol. The van der Waals surface area contributed by atoms with Crippen LogP contribution in [0.3, 0.4) is 0 Å². The zero-order valence-corrected chi connectivity index (χ0v) is 9.88. The Labute approximate surface area is 95.6 Å². The number of hydrogen-bond donors (Lipinski definition) is 3. The monoisotopic (exact) mass is 228 g/mol. The second-order valence-electron chi connectivity index (χ2n) is 4.54. The lowest BCUT2D eigenvalue weighted by atomic mass is 9.98. The van der Waals surface area contributed by atoms with Crippen LogP contribution in [-0.4, -0.2) is 35.1 Å². The molecule has 0 aromatic rings. The molecule has 1 aliphatic rings. The summed E-state index contributed by atoms with van der Waals surface area (Å²) in [5, 5.41) is 14.6. The van der Waals surface area contributed by atoms with Gasteiger partial charge in [0.1, 0.15) is 0 Å². The van der Waals surface area contributed by atoms with E-state index in [-0.39, 0.29) is 18.4 Å². The fourth-order valence-electron chi connectivity index (χ4n) is 1.94. The average molecular weight is 228 g/mol. The quantitative estimate of drug-likeness (QED) is 0.640. The van der Waals surface area contributed by atoms with Crippen LogP contribution in [0.1, 0.15) is 39.5 Å². The highest BCUT2D eigenvalue weighted by Gasteiger charge is 2.36. The van der Waals surface area contributed by atoms with Gasteiger partial charge in [0.05, 0.1) is 12.0 Å². The van der Waals surface area contributed by atoms with E-state index in [2.05, 4.69) is 10.6 Å². The minimum atomic E-state index is -0.878. The van der Waals surface area contributed by atoms with Crippen LogP contribution in [-0.2, 0) is 9.59 Å². The normalized spacial score (nSPS) is 26.4. The number of carbonyl (C=O) groups excluding carboxylic acids is 1. The first kappa shape index (κ1) is 13.0. The van der Waals surface area contributed by atoms with Gasteiger partial charge in [0.15, 0.2) is 0 Å². The predicted molar refractivity (Wildman–Crippen MR) is 60.1 cm³/mol. The fraction of sp³-hybridized carbons (Fsp3) is 0.818. The van der Waals surface area contributed by atoms with Gasteiger partial charge in [-0.1, -0.05) is 6.92 Å². The van der Waals surface area contributed by atoms with Gasteiger partial charge >= 0.3 is 5.97 Å². The third kappa shape index (κ3) is 3.20. The number of nitrogens with one attached hydrogen (secondary N) is 2. The highest BCUT2D eigenvalue weighted by atomic mass is 16.4. The molecule has 0 saturated carbocycles. The molecule has 1 saturated heterocycles. The van der Waals surface area contributed by atoms with Crippen LogP contribution < -0.4 is 10.6 Å². The summed E-state index contributed by atoms with van der Waals surface area (Å²) in [5.74, 6) is -0.963. The Morgan fingerprint density at radius 3 is 2.69 bits per heavy atom. The summed E-state index contributed by atoms with van der Waals surface area (Å²) >= 11 is 0. The lowest BCUT2D eigenvalue weighted by Gasteiger charge is -2.26. The first-order chi connectivity index (χ1) is 7.48. The summed E-state index contributed by atoms with van der Waals surface area (Å²) in [6.45, 7) is 4.58. The molecule has 1 heterocycles. The van der Waals surface area contributed by atoms with Gasteiger partial charge in [0, 0.05) is 6.04 Å². The third-order valence-electron chi connectivity index (χ3n) is 3.12. The smallest absolute Gasteiger partial charge is 0.305 e. The van der Waals surface area contributed by atoms with Crippen molar-refractivity contribution in [2.75, 3.05) is 6.54 Å². The van der Waals surface area contributed by atoms with Crippen molar-refractivity contribution in [3.05, 3.63) is 0 Å². The van der Waals surface area contributed by atoms with E-state index >= 15 is 0 Å². The predicted octanol–water partition coefficient (Wildman–Crippen LogP) is 0.498. The molecule has 0 radical (unpaired) electrons. The van der Waals surface area contributed by atoms with Gasteiger partial charge < -0.3 is 15.7 Å². The summed E-state index contributed by atoms with van der Waals surface area (Å²) in [7, 11) is 0. The molecule has 1 fully saturated rings. The molecule has 0 aromatic carbocycles. The number of carboxylic acid groups (broad SMARTS) is 1. The number of carbonyl (C=O) groups is 2. The number of carboxylic acids is 1. The lowest BCUT2D eigenvalue weighted by molar-refractivity contribution is -0.138. The first-order valence-corrected chi connectivity index (χ1v) is 5.75. The van der Waals surface area contributed by atoms with Crippen molar-refractivity contribution < 1.29 is 14.7 Å². The molecule has 92 valence electrons. The molecule has 16 heavy (non-hydrogen) atoms. The van der Waals surface area contributed by atoms with Crippen molar-refractivity contribution in [3.8, 4) is 0 Å². The third-order valence-corrected chi connectivity index (χ3v) is 3.12. The van der Waals surface area contributed by atoms with Crippen LogP contribution >= 0.6 is 0 Å². The van der Waals surface area contributed by atoms with E-state index in [0.717, 1.165) is 19.4 Å². The maximum absolute atomic E-state index is 12.0. The molecule has 0 aliphatic carbocycles. The van der Waals surface area contributed by atoms with E-state index in [1.54, 1.807) is 0 Å². The Morgan fingerprint density at radius 1 is 1.56 bits per heavy atom. The molecule has 2 unspecified atom stereocenters. The average Bonchev–Trinajstić information content (AvgIpc) is 2.64. The number of aliphatic carboxylic acids is 1. The zero-order chi connectivity index (χ0) is 12.2. The van der Waals surface area contributed by atoms with E-state index in [1.165, 1.54) is 0 Å². The molecule has 0 bridgehead atoms. The Balaban J connectivity index is 2.51. The standard InChI is InChI=1S/C11H20N2O3/c1-3-8(7-9(14)15)13-10(16)11(2)5-4-6-12-11/h8,12H,3-7H2,1-2H3,(H,13,16)(H,14,15). The Hall–Kier alpha value is -1.10. The van der Waals surface area contributed by atoms with Crippen LogP contribution in [0.5, 0.6) is 0 Å². The van der Waals surface area contributed by atoms with Crippen LogP contribution in [0.2, 0.25) is 0 Å². The van der Waals surface area contributed by atoms with Gasteiger partial charge in [-0.15, -0.1) is 0 Å². The van der Waals surface area contributed by atoms with E-state index in [9.17, 15) is 9.59 Å².